The molecule has 170 valence electrons. The SMILES string of the molecule is COc1ccc(-c2ccccc2NC(=O)[C@@H]2CCCN(Cc3cccc4c3OCO4)C2)cc1. The molecule has 0 spiro atoms. The lowest BCUT2D eigenvalue weighted by Gasteiger charge is -2.32. The normalized spacial score (nSPS) is 17.5. The van der Waals surface area contributed by atoms with Crippen LogP contribution in [0.25, 0.3) is 11.1 Å². The van der Waals surface area contributed by atoms with Gasteiger partial charge in [-0.2, -0.15) is 0 Å². The average Bonchev–Trinajstić information content (AvgIpc) is 3.35. The van der Waals surface area contributed by atoms with Gasteiger partial charge in [0.15, 0.2) is 11.5 Å². The molecule has 0 bridgehead atoms. The molecule has 1 N–H and O–H groups in total. The highest BCUT2D eigenvalue weighted by molar-refractivity contribution is 5.97. The van der Waals surface area contributed by atoms with Crippen LogP contribution in [-0.4, -0.2) is 37.8 Å². The van der Waals surface area contributed by atoms with Gasteiger partial charge in [0.1, 0.15) is 5.75 Å². The van der Waals surface area contributed by atoms with Gasteiger partial charge in [0.2, 0.25) is 12.7 Å². The first-order valence-corrected chi connectivity index (χ1v) is 11.4. The molecule has 0 aromatic heterocycles. The van der Waals surface area contributed by atoms with E-state index < -0.39 is 0 Å². The fourth-order valence-electron chi connectivity index (χ4n) is 4.62. The summed E-state index contributed by atoms with van der Waals surface area (Å²) in [5.41, 5.74) is 3.97. The van der Waals surface area contributed by atoms with Crippen molar-refractivity contribution < 1.29 is 19.0 Å². The summed E-state index contributed by atoms with van der Waals surface area (Å²) in [5.74, 6) is 2.45. The Balaban J connectivity index is 1.27. The lowest BCUT2D eigenvalue weighted by Crippen LogP contribution is -2.40. The van der Waals surface area contributed by atoms with Crippen LogP contribution in [0.2, 0.25) is 0 Å². The first-order chi connectivity index (χ1) is 16.2. The third kappa shape index (κ3) is 4.66. The van der Waals surface area contributed by atoms with Gasteiger partial charge in [0.25, 0.3) is 0 Å². The quantitative estimate of drug-likeness (QED) is 0.584. The molecule has 1 atom stereocenters. The Labute approximate surface area is 194 Å². The van der Waals surface area contributed by atoms with Crippen LogP contribution in [0.4, 0.5) is 5.69 Å². The number of nitrogens with zero attached hydrogens (tertiary/aromatic N) is 1. The Morgan fingerprint density at radius 2 is 1.91 bits per heavy atom. The van der Waals surface area contributed by atoms with Gasteiger partial charge in [0.05, 0.1) is 13.0 Å². The second kappa shape index (κ2) is 9.55. The van der Waals surface area contributed by atoms with Crippen LogP contribution >= 0.6 is 0 Å². The van der Waals surface area contributed by atoms with Gasteiger partial charge in [0, 0.05) is 29.9 Å². The molecule has 5 rings (SSSR count). The third-order valence-electron chi connectivity index (χ3n) is 6.33. The van der Waals surface area contributed by atoms with Crippen molar-refractivity contribution in [3.8, 4) is 28.4 Å². The Morgan fingerprint density at radius 3 is 2.76 bits per heavy atom. The highest BCUT2D eigenvalue weighted by atomic mass is 16.7. The summed E-state index contributed by atoms with van der Waals surface area (Å²) >= 11 is 0. The zero-order valence-electron chi connectivity index (χ0n) is 18.8. The molecule has 2 aliphatic heterocycles. The molecule has 6 nitrogen and oxygen atoms in total. The first kappa shape index (κ1) is 21.3. The second-order valence-corrected chi connectivity index (χ2v) is 8.49. The summed E-state index contributed by atoms with van der Waals surface area (Å²) < 4.78 is 16.4. The second-order valence-electron chi connectivity index (χ2n) is 8.49. The number of para-hydroxylation sites is 2. The number of carbonyl (C=O) groups is 1. The van der Waals surface area contributed by atoms with Crippen LogP contribution in [0.15, 0.2) is 66.7 Å². The molecule has 0 radical (unpaired) electrons. The number of likely N-dealkylation sites (tertiary alicyclic amines) is 1. The number of ether oxygens (including phenoxy) is 3. The third-order valence-corrected chi connectivity index (χ3v) is 6.33. The van der Waals surface area contributed by atoms with E-state index in [1.165, 1.54) is 0 Å². The molecule has 1 fully saturated rings. The fourth-order valence-corrected chi connectivity index (χ4v) is 4.62. The maximum Gasteiger partial charge on any atom is 0.231 e. The maximum absolute atomic E-state index is 13.2. The van der Waals surface area contributed by atoms with Crippen molar-refractivity contribution in [3.63, 3.8) is 0 Å². The van der Waals surface area contributed by atoms with Crippen LogP contribution in [-0.2, 0) is 11.3 Å². The largest absolute Gasteiger partial charge is 0.497 e. The van der Waals surface area contributed by atoms with E-state index in [4.69, 9.17) is 14.2 Å². The van der Waals surface area contributed by atoms with Crippen molar-refractivity contribution >= 4 is 11.6 Å². The molecule has 3 aromatic rings. The minimum Gasteiger partial charge on any atom is -0.497 e. The zero-order chi connectivity index (χ0) is 22.6. The standard InChI is InChI=1S/C27H28N2O4/c1-31-22-13-11-19(12-14-22)23-8-2-3-9-24(23)28-27(30)21-7-5-15-29(17-21)16-20-6-4-10-25-26(20)33-18-32-25/h2-4,6,8-14,21H,5,7,15-18H2,1H3,(H,28,30)/t21-/m1/s1. The van der Waals surface area contributed by atoms with Crippen LogP contribution in [0.5, 0.6) is 17.2 Å². The van der Waals surface area contributed by atoms with E-state index >= 15 is 0 Å². The summed E-state index contributed by atoms with van der Waals surface area (Å²) in [6.07, 6.45) is 1.88. The molecule has 6 heteroatoms. The average molecular weight is 445 g/mol. The van der Waals surface area contributed by atoms with Crippen molar-refractivity contribution in [1.29, 1.82) is 0 Å². The topological polar surface area (TPSA) is 60.0 Å². The van der Waals surface area contributed by atoms with Crippen LogP contribution in [0.3, 0.4) is 0 Å². The summed E-state index contributed by atoms with van der Waals surface area (Å²) in [7, 11) is 1.66. The Morgan fingerprint density at radius 1 is 1.06 bits per heavy atom. The molecule has 1 saturated heterocycles. The van der Waals surface area contributed by atoms with E-state index in [-0.39, 0.29) is 18.6 Å². The van der Waals surface area contributed by atoms with Crippen molar-refractivity contribution in [2.45, 2.75) is 19.4 Å². The summed E-state index contributed by atoms with van der Waals surface area (Å²) in [6, 6.07) is 21.8. The van der Waals surface area contributed by atoms with E-state index in [0.29, 0.717) is 0 Å². The summed E-state index contributed by atoms with van der Waals surface area (Å²) in [4.78, 5) is 15.6. The van der Waals surface area contributed by atoms with Gasteiger partial charge in [-0.05, 0) is 49.2 Å². The van der Waals surface area contributed by atoms with Gasteiger partial charge in [-0.15, -0.1) is 0 Å². The highest BCUT2D eigenvalue weighted by Crippen LogP contribution is 2.36. The van der Waals surface area contributed by atoms with Crippen molar-refractivity contribution in [3.05, 3.63) is 72.3 Å². The summed E-state index contributed by atoms with van der Waals surface area (Å²) in [5, 5.41) is 3.19. The monoisotopic (exact) mass is 444 g/mol. The molecular weight excluding hydrogens is 416 g/mol. The predicted octanol–water partition coefficient (Wildman–Crippen LogP) is 4.94. The molecule has 2 heterocycles. The van der Waals surface area contributed by atoms with Crippen molar-refractivity contribution in [2.75, 3.05) is 32.3 Å². The van der Waals surface area contributed by atoms with Crippen molar-refractivity contribution in [1.82, 2.24) is 4.90 Å². The molecular formula is C27H28N2O4. The molecule has 3 aromatic carbocycles. The van der Waals surface area contributed by atoms with Gasteiger partial charge < -0.3 is 19.5 Å². The van der Waals surface area contributed by atoms with Crippen LogP contribution < -0.4 is 19.5 Å². The van der Waals surface area contributed by atoms with E-state index in [1.807, 2.05) is 60.7 Å². The lowest BCUT2D eigenvalue weighted by atomic mass is 9.96. The van der Waals surface area contributed by atoms with Gasteiger partial charge in [-0.1, -0.05) is 42.5 Å². The lowest BCUT2D eigenvalue weighted by molar-refractivity contribution is -0.121. The number of piperidine rings is 1. The molecule has 0 saturated carbocycles. The van der Waals surface area contributed by atoms with E-state index in [1.54, 1.807) is 7.11 Å². The van der Waals surface area contributed by atoms with Gasteiger partial charge in [-0.25, -0.2) is 0 Å². The smallest absolute Gasteiger partial charge is 0.231 e. The number of rotatable bonds is 6. The number of hydrogen-bond donors (Lipinski definition) is 1. The van der Waals surface area contributed by atoms with E-state index in [0.717, 1.165) is 72.1 Å². The number of anilines is 1. The Kier molecular flexibility index (Phi) is 6.17. The minimum absolute atomic E-state index is 0.0587. The maximum atomic E-state index is 13.2. The molecule has 1 amide bonds. The molecule has 2 aliphatic rings. The molecule has 33 heavy (non-hydrogen) atoms. The predicted molar refractivity (Wildman–Crippen MR) is 128 cm³/mol. The van der Waals surface area contributed by atoms with Crippen LogP contribution in [0.1, 0.15) is 18.4 Å². The number of nitrogens with one attached hydrogen (secondary N) is 1. The number of methoxy groups -OCH3 is 1. The zero-order valence-corrected chi connectivity index (χ0v) is 18.8. The number of carbonyl (C=O) groups excluding carboxylic acids is 1. The van der Waals surface area contributed by atoms with Crippen molar-refractivity contribution in [2.24, 2.45) is 5.92 Å². The first-order valence-electron chi connectivity index (χ1n) is 11.4. The molecule has 0 aliphatic carbocycles. The fraction of sp³-hybridized carbons (Fsp3) is 0.296. The summed E-state index contributed by atoms with van der Waals surface area (Å²) in [6.45, 7) is 2.71. The number of fused-ring (bicyclic) bond motifs is 1. The van der Waals surface area contributed by atoms with Gasteiger partial charge >= 0.3 is 0 Å². The minimum atomic E-state index is -0.0587. The van der Waals surface area contributed by atoms with Gasteiger partial charge in [-0.3, -0.25) is 9.69 Å². The number of benzene rings is 3. The Bertz CT molecular complexity index is 1130. The van der Waals surface area contributed by atoms with Crippen LogP contribution in [0, 0.1) is 5.92 Å². The van der Waals surface area contributed by atoms with E-state index in [9.17, 15) is 4.79 Å². The number of amides is 1. The van der Waals surface area contributed by atoms with E-state index in [2.05, 4.69) is 16.3 Å². The number of hydrogen-bond acceptors (Lipinski definition) is 5. The highest BCUT2D eigenvalue weighted by Gasteiger charge is 2.28. The Hall–Kier alpha value is -3.51. The molecule has 0 unspecified atom stereocenters.